The Kier molecular flexibility index (Phi) is 4.03. The number of primary amides is 1. The summed E-state index contributed by atoms with van der Waals surface area (Å²) in [6.07, 6.45) is 0. The van der Waals surface area contributed by atoms with Gasteiger partial charge in [0.1, 0.15) is 11.4 Å². The van der Waals surface area contributed by atoms with Crippen LogP contribution in [0.25, 0.3) is 0 Å². The average molecular weight is 287 g/mol. The number of aromatic hydroxyl groups is 1. The van der Waals surface area contributed by atoms with Crippen LogP contribution in [0.3, 0.4) is 0 Å². The lowest BCUT2D eigenvalue weighted by Gasteiger charge is -2.08. The molecule has 0 aliphatic rings. The molecular formula is C14H13N3O4. The van der Waals surface area contributed by atoms with Gasteiger partial charge >= 0.3 is 0 Å². The van der Waals surface area contributed by atoms with Crippen molar-refractivity contribution in [3.8, 4) is 5.75 Å². The fraction of sp³-hybridized carbons (Fsp3) is 0.0714. The van der Waals surface area contributed by atoms with Crippen LogP contribution >= 0.6 is 0 Å². The maximum absolute atomic E-state index is 11.1. The molecule has 0 saturated heterocycles. The average Bonchev–Trinajstić information content (AvgIpc) is 2.46. The molecule has 7 nitrogen and oxygen atoms in total. The third-order valence-electron chi connectivity index (χ3n) is 2.90. The Morgan fingerprint density at radius 1 is 1.24 bits per heavy atom. The van der Waals surface area contributed by atoms with E-state index in [2.05, 4.69) is 5.32 Å². The van der Waals surface area contributed by atoms with Crippen LogP contribution < -0.4 is 11.1 Å². The van der Waals surface area contributed by atoms with Crippen LogP contribution in [0.15, 0.2) is 42.5 Å². The highest BCUT2D eigenvalue weighted by atomic mass is 16.6. The molecule has 4 N–H and O–H groups in total. The lowest BCUT2D eigenvalue weighted by Crippen LogP contribution is -2.12. The summed E-state index contributed by atoms with van der Waals surface area (Å²) in [6.45, 7) is 0.309. The van der Waals surface area contributed by atoms with Gasteiger partial charge in [-0.15, -0.1) is 0 Å². The summed E-state index contributed by atoms with van der Waals surface area (Å²) in [6, 6.07) is 10.3. The van der Waals surface area contributed by atoms with E-state index >= 15 is 0 Å². The zero-order valence-corrected chi connectivity index (χ0v) is 10.9. The number of nitro benzene ring substituents is 1. The van der Waals surface area contributed by atoms with E-state index in [4.69, 9.17) is 5.73 Å². The number of nitrogens with two attached hydrogens (primary N) is 1. The zero-order valence-electron chi connectivity index (χ0n) is 10.9. The summed E-state index contributed by atoms with van der Waals surface area (Å²) >= 11 is 0. The van der Waals surface area contributed by atoms with Crippen LogP contribution in [0.5, 0.6) is 5.75 Å². The first-order valence-electron chi connectivity index (χ1n) is 6.07. The predicted molar refractivity (Wildman–Crippen MR) is 77.0 cm³/mol. The molecule has 0 aliphatic carbocycles. The van der Waals surface area contributed by atoms with Crippen molar-refractivity contribution in [2.45, 2.75) is 6.54 Å². The standard InChI is InChI=1S/C14H13N3O4/c15-14(19)10-3-6-13(17(20)21)12(7-10)16-8-9-1-4-11(18)5-2-9/h1-7,16,18H,8H2,(H2,15,19). The SMILES string of the molecule is NC(=O)c1ccc([N+](=O)[O-])c(NCc2ccc(O)cc2)c1. The van der Waals surface area contributed by atoms with Gasteiger partial charge in [-0.2, -0.15) is 0 Å². The molecule has 0 aliphatic heterocycles. The van der Waals surface area contributed by atoms with Gasteiger partial charge in [-0.3, -0.25) is 14.9 Å². The molecule has 0 unspecified atom stereocenters. The number of nitrogens with zero attached hydrogens (tertiary/aromatic N) is 1. The minimum atomic E-state index is -0.655. The number of nitro groups is 1. The number of nitrogens with one attached hydrogen (secondary N) is 1. The second-order valence-electron chi connectivity index (χ2n) is 4.37. The molecule has 0 fully saturated rings. The summed E-state index contributed by atoms with van der Waals surface area (Å²) < 4.78 is 0. The summed E-state index contributed by atoms with van der Waals surface area (Å²) in [5, 5.41) is 23.1. The van der Waals surface area contributed by atoms with Crippen LogP contribution in [-0.2, 0) is 6.54 Å². The van der Waals surface area contributed by atoms with Crippen molar-refractivity contribution in [2.24, 2.45) is 5.73 Å². The smallest absolute Gasteiger partial charge is 0.292 e. The molecule has 21 heavy (non-hydrogen) atoms. The van der Waals surface area contributed by atoms with Crippen molar-refractivity contribution in [2.75, 3.05) is 5.32 Å². The van der Waals surface area contributed by atoms with E-state index in [9.17, 15) is 20.0 Å². The molecule has 0 aromatic heterocycles. The molecular weight excluding hydrogens is 274 g/mol. The molecule has 1 amide bonds. The molecule has 0 radical (unpaired) electrons. The third-order valence-corrected chi connectivity index (χ3v) is 2.90. The van der Waals surface area contributed by atoms with E-state index in [1.54, 1.807) is 12.1 Å². The molecule has 2 rings (SSSR count). The van der Waals surface area contributed by atoms with E-state index in [1.165, 1.54) is 30.3 Å². The van der Waals surface area contributed by atoms with Gasteiger partial charge < -0.3 is 16.2 Å². The molecule has 7 heteroatoms. The molecule has 108 valence electrons. The van der Waals surface area contributed by atoms with Crippen molar-refractivity contribution >= 4 is 17.3 Å². The maximum atomic E-state index is 11.1. The van der Waals surface area contributed by atoms with Crippen LogP contribution in [0, 0.1) is 10.1 Å². The zero-order chi connectivity index (χ0) is 15.4. The Labute approximate surface area is 120 Å². The fourth-order valence-electron chi connectivity index (χ4n) is 1.80. The first-order chi connectivity index (χ1) is 9.97. The van der Waals surface area contributed by atoms with Crippen LogP contribution in [0.2, 0.25) is 0 Å². The fourth-order valence-corrected chi connectivity index (χ4v) is 1.80. The second kappa shape index (κ2) is 5.91. The highest BCUT2D eigenvalue weighted by molar-refractivity contribution is 5.94. The van der Waals surface area contributed by atoms with Gasteiger partial charge in [-0.05, 0) is 29.8 Å². The number of hydrogen-bond donors (Lipinski definition) is 3. The number of benzene rings is 2. The lowest BCUT2D eigenvalue weighted by atomic mass is 10.1. The van der Waals surface area contributed by atoms with Gasteiger partial charge in [0.15, 0.2) is 0 Å². The van der Waals surface area contributed by atoms with Gasteiger partial charge in [-0.25, -0.2) is 0 Å². The highest BCUT2D eigenvalue weighted by Crippen LogP contribution is 2.26. The number of phenolic OH excluding ortho intramolecular Hbond substituents is 1. The van der Waals surface area contributed by atoms with Crippen LogP contribution in [-0.4, -0.2) is 15.9 Å². The largest absolute Gasteiger partial charge is 0.508 e. The highest BCUT2D eigenvalue weighted by Gasteiger charge is 2.15. The van der Waals surface area contributed by atoms with Crippen molar-refractivity contribution in [1.29, 1.82) is 0 Å². The van der Waals surface area contributed by atoms with Gasteiger partial charge in [0, 0.05) is 18.2 Å². The number of phenols is 1. The molecule has 0 atom stereocenters. The number of hydrogen-bond acceptors (Lipinski definition) is 5. The Morgan fingerprint density at radius 3 is 2.48 bits per heavy atom. The molecule has 0 spiro atoms. The van der Waals surface area contributed by atoms with E-state index < -0.39 is 10.8 Å². The number of carbonyl (C=O) groups excluding carboxylic acids is 1. The normalized spacial score (nSPS) is 10.1. The van der Waals surface area contributed by atoms with E-state index in [1.807, 2.05) is 0 Å². The first-order valence-corrected chi connectivity index (χ1v) is 6.07. The van der Waals surface area contributed by atoms with Gasteiger partial charge in [-0.1, -0.05) is 12.1 Å². The van der Waals surface area contributed by atoms with Crippen molar-refractivity contribution < 1.29 is 14.8 Å². The minimum absolute atomic E-state index is 0.139. The molecule has 2 aromatic rings. The van der Waals surface area contributed by atoms with Crippen molar-refractivity contribution in [3.63, 3.8) is 0 Å². The van der Waals surface area contributed by atoms with Crippen LogP contribution in [0.1, 0.15) is 15.9 Å². The molecule has 2 aromatic carbocycles. The maximum Gasteiger partial charge on any atom is 0.292 e. The summed E-state index contributed by atoms with van der Waals surface area (Å²) in [7, 11) is 0. The molecule has 0 bridgehead atoms. The number of anilines is 1. The van der Waals surface area contributed by atoms with E-state index in [0.29, 0.717) is 6.54 Å². The quantitative estimate of drug-likeness (QED) is 0.574. The van der Waals surface area contributed by atoms with E-state index in [-0.39, 0.29) is 22.7 Å². The summed E-state index contributed by atoms with van der Waals surface area (Å²) in [5.74, 6) is -0.516. The van der Waals surface area contributed by atoms with E-state index in [0.717, 1.165) is 5.56 Å². The number of rotatable bonds is 5. The van der Waals surface area contributed by atoms with Crippen molar-refractivity contribution in [3.05, 3.63) is 63.7 Å². The second-order valence-corrected chi connectivity index (χ2v) is 4.37. The number of carbonyl (C=O) groups is 1. The monoisotopic (exact) mass is 287 g/mol. The third kappa shape index (κ3) is 3.47. The Hall–Kier alpha value is -3.09. The van der Waals surface area contributed by atoms with Gasteiger partial charge in [0.25, 0.3) is 5.69 Å². The molecule has 0 saturated carbocycles. The predicted octanol–water partition coefficient (Wildman–Crippen LogP) is 2.01. The summed E-state index contributed by atoms with van der Waals surface area (Å²) in [4.78, 5) is 21.6. The Morgan fingerprint density at radius 2 is 1.90 bits per heavy atom. The van der Waals surface area contributed by atoms with Crippen LogP contribution in [0.4, 0.5) is 11.4 Å². The van der Waals surface area contributed by atoms with Gasteiger partial charge in [0.05, 0.1) is 4.92 Å². The molecule has 0 heterocycles. The van der Waals surface area contributed by atoms with Gasteiger partial charge in [0.2, 0.25) is 5.91 Å². The topological polar surface area (TPSA) is 118 Å². The van der Waals surface area contributed by atoms with Crippen molar-refractivity contribution in [1.82, 2.24) is 0 Å². The minimum Gasteiger partial charge on any atom is -0.508 e. The number of amides is 1. The summed E-state index contributed by atoms with van der Waals surface area (Å²) in [5.41, 5.74) is 6.26. The Bertz CT molecular complexity index is 683. The first kappa shape index (κ1) is 14.3. The Balaban J connectivity index is 2.24. The lowest BCUT2D eigenvalue weighted by molar-refractivity contribution is -0.384.